The molecular weight excluding hydrogens is 423 g/mol. The first-order valence-corrected chi connectivity index (χ1v) is 9.87. The molecule has 6 nitrogen and oxygen atoms in total. The predicted octanol–water partition coefficient (Wildman–Crippen LogP) is 3.15. The first-order chi connectivity index (χ1) is 12.6. The van der Waals surface area contributed by atoms with Crippen LogP contribution in [-0.2, 0) is 9.59 Å². The number of anilines is 1. The zero-order valence-electron chi connectivity index (χ0n) is 15.7. The summed E-state index contributed by atoms with van der Waals surface area (Å²) in [6.07, 6.45) is 6.42. The summed E-state index contributed by atoms with van der Waals surface area (Å²) in [6.45, 7) is 3.32. The lowest BCUT2D eigenvalue weighted by Crippen LogP contribution is -2.45. The van der Waals surface area contributed by atoms with Crippen LogP contribution in [-0.4, -0.2) is 47.9 Å². The Kier molecular flexibility index (Phi) is 7.97. The Hall–Kier alpha value is -1.08. The zero-order valence-corrected chi connectivity index (χ0v) is 18.0. The Morgan fingerprint density at radius 1 is 1.25 bits per heavy atom. The molecule has 3 heterocycles. The van der Waals surface area contributed by atoms with Gasteiger partial charge in [0.25, 0.3) is 0 Å². The smallest absolute Gasteiger partial charge is 0.230 e. The minimum atomic E-state index is -0.173. The van der Waals surface area contributed by atoms with Gasteiger partial charge in [0.05, 0.1) is 10.9 Å². The molecule has 1 saturated carbocycles. The van der Waals surface area contributed by atoms with Crippen molar-refractivity contribution in [3.05, 3.63) is 23.4 Å². The van der Waals surface area contributed by atoms with Crippen LogP contribution in [0.5, 0.6) is 0 Å². The van der Waals surface area contributed by atoms with E-state index in [1.165, 1.54) is 6.20 Å². The van der Waals surface area contributed by atoms with Gasteiger partial charge in [-0.1, -0.05) is 11.6 Å². The zero-order chi connectivity index (χ0) is 18.1. The fraction of sp³-hybridized carbons (Fsp3) is 0.632. The molecule has 2 aliphatic heterocycles. The molecule has 1 aromatic rings. The summed E-state index contributed by atoms with van der Waals surface area (Å²) >= 11 is 5.82. The molecule has 1 aliphatic carbocycles. The van der Waals surface area contributed by atoms with E-state index in [0.29, 0.717) is 17.4 Å². The minimum absolute atomic E-state index is 0. The third-order valence-corrected chi connectivity index (χ3v) is 6.39. The fourth-order valence-electron chi connectivity index (χ4n) is 4.46. The quantitative estimate of drug-likeness (QED) is 0.743. The largest absolute Gasteiger partial charge is 0.342 e. The molecule has 0 radical (unpaired) electrons. The first kappa shape index (κ1) is 23.2. The molecule has 4 rings (SSSR count). The second-order valence-corrected chi connectivity index (χ2v) is 8.28. The topological polar surface area (TPSA) is 74.3 Å². The van der Waals surface area contributed by atoms with Gasteiger partial charge in [-0.05, 0) is 62.7 Å². The molecule has 1 aromatic heterocycles. The predicted molar refractivity (Wildman–Crippen MR) is 114 cm³/mol. The minimum Gasteiger partial charge on any atom is -0.342 e. The van der Waals surface area contributed by atoms with Gasteiger partial charge in [-0.25, -0.2) is 4.98 Å². The molecule has 0 aromatic carbocycles. The Morgan fingerprint density at radius 3 is 2.68 bits per heavy atom. The summed E-state index contributed by atoms with van der Waals surface area (Å²) in [4.78, 5) is 31.5. The summed E-state index contributed by atoms with van der Waals surface area (Å²) in [6, 6.07) is 3.39. The Balaban J connectivity index is 0.00000140. The number of amides is 2. The molecule has 2 amide bonds. The van der Waals surface area contributed by atoms with Gasteiger partial charge in [-0.15, -0.1) is 24.8 Å². The number of nitrogens with zero attached hydrogens (tertiary/aromatic N) is 2. The van der Waals surface area contributed by atoms with Gasteiger partial charge < -0.3 is 15.5 Å². The van der Waals surface area contributed by atoms with Gasteiger partial charge >= 0.3 is 0 Å². The highest BCUT2D eigenvalue weighted by Gasteiger charge is 2.58. The molecule has 2 N–H and O–H groups in total. The third-order valence-electron chi connectivity index (χ3n) is 6.17. The number of halogens is 3. The van der Waals surface area contributed by atoms with E-state index in [0.717, 1.165) is 51.7 Å². The monoisotopic (exact) mass is 448 g/mol. The van der Waals surface area contributed by atoms with E-state index in [1.807, 2.05) is 4.90 Å². The highest BCUT2D eigenvalue weighted by atomic mass is 35.5. The number of hydrogen-bond acceptors (Lipinski definition) is 4. The molecule has 3 fully saturated rings. The van der Waals surface area contributed by atoms with E-state index in [1.54, 1.807) is 12.1 Å². The molecule has 28 heavy (non-hydrogen) atoms. The van der Waals surface area contributed by atoms with Crippen LogP contribution in [0.2, 0.25) is 5.02 Å². The summed E-state index contributed by atoms with van der Waals surface area (Å²) in [5.74, 6) is 0.690. The molecule has 2 atom stereocenters. The van der Waals surface area contributed by atoms with E-state index >= 15 is 0 Å². The maximum absolute atomic E-state index is 12.9. The van der Waals surface area contributed by atoms with Gasteiger partial charge in [-0.3, -0.25) is 9.59 Å². The van der Waals surface area contributed by atoms with Crippen LogP contribution in [0.15, 0.2) is 18.3 Å². The van der Waals surface area contributed by atoms with E-state index in [4.69, 9.17) is 11.6 Å². The Morgan fingerprint density at radius 2 is 2.00 bits per heavy atom. The summed E-state index contributed by atoms with van der Waals surface area (Å²) in [5, 5.41) is 6.76. The second kappa shape index (κ2) is 9.61. The molecular formula is C19H27Cl3N4O2. The highest BCUT2D eigenvalue weighted by Crippen LogP contribution is 2.59. The lowest BCUT2D eigenvalue weighted by Gasteiger charge is -2.33. The van der Waals surface area contributed by atoms with Crippen molar-refractivity contribution in [1.29, 1.82) is 0 Å². The number of carbonyl (C=O) groups is 2. The number of pyridine rings is 1. The van der Waals surface area contributed by atoms with Gasteiger partial charge in [-0.2, -0.15) is 0 Å². The maximum atomic E-state index is 12.9. The molecule has 3 aliphatic rings. The van der Waals surface area contributed by atoms with Crippen LogP contribution in [0.1, 0.15) is 32.1 Å². The van der Waals surface area contributed by atoms with Gasteiger partial charge in [0.15, 0.2) is 0 Å². The van der Waals surface area contributed by atoms with E-state index in [2.05, 4.69) is 15.6 Å². The second-order valence-electron chi connectivity index (χ2n) is 7.84. The van der Waals surface area contributed by atoms with Crippen molar-refractivity contribution in [2.75, 3.05) is 31.5 Å². The van der Waals surface area contributed by atoms with E-state index in [-0.39, 0.29) is 53.9 Å². The standard InChI is InChI=1S/C19H25ClN4O2.2ClH/c20-14-3-4-16(22-11-14)23-17(25)13-2-1-9-24(12-13)18(26)15-10-19(15)5-7-21-8-6-19;;/h3-4,11,13,15,21H,1-2,5-10,12H2,(H,22,23,25);2*1H. The van der Waals surface area contributed by atoms with Crippen LogP contribution >= 0.6 is 36.4 Å². The Bertz CT molecular complexity index is 695. The van der Waals surface area contributed by atoms with E-state index in [9.17, 15) is 9.59 Å². The lowest BCUT2D eigenvalue weighted by molar-refractivity contribution is -0.136. The number of hydrogen-bond donors (Lipinski definition) is 2. The number of aromatic nitrogens is 1. The summed E-state index contributed by atoms with van der Waals surface area (Å²) in [7, 11) is 0. The van der Waals surface area contributed by atoms with Crippen molar-refractivity contribution in [2.24, 2.45) is 17.3 Å². The summed E-state index contributed by atoms with van der Waals surface area (Å²) < 4.78 is 0. The molecule has 2 saturated heterocycles. The molecule has 1 spiro atoms. The number of nitrogens with one attached hydrogen (secondary N) is 2. The van der Waals surface area contributed by atoms with Crippen LogP contribution in [0.4, 0.5) is 5.82 Å². The van der Waals surface area contributed by atoms with Crippen molar-refractivity contribution in [2.45, 2.75) is 32.1 Å². The average Bonchev–Trinajstić information content (AvgIpc) is 3.36. The molecule has 9 heteroatoms. The van der Waals surface area contributed by atoms with Gasteiger partial charge in [0, 0.05) is 25.2 Å². The molecule has 156 valence electrons. The number of carbonyl (C=O) groups excluding carboxylic acids is 2. The van der Waals surface area contributed by atoms with Crippen molar-refractivity contribution >= 4 is 54.0 Å². The number of likely N-dealkylation sites (tertiary alicyclic amines) is 1. The van der Waals surface area contributed by atoms with Crippen molar-refractivity contribution in [1.82, 2.24) is 15.2 Å². The molecule has 0 bridgehead atoms. The molecule has 2 unspecified atom stereocenters. The first-order valence-electron chi connectivity index (χ1n) is 9.49. The SMILES string of the molecule is Cl.Cl.O=C(Nc1ccc(Cl)cn1)C1CCCN(C(=O)C2CC23CCNCC3)C1. The van der Waals surface area contributed by atoms with Crippen molar-refractivity contribution in [3.8, 4) is 0 Å². The number of rotatable bonds is 3. The third kappa shape index (κ3) is 4.90. The van der Waals surface area contributed by atoms with Crippen LogP contribution < -0.4 is 10.6 Å². The van der Waals surface area contributed by atoms with E-state index < -0.39 is 0 Å². The Labute approximate surface area is 183 Å². The van der Waals surface area contributed by atoms with Gasteiger partial charge in [0.2, 0.25) is 11.8 Å². The van der Waals surface area contributed by atoms with Crippen molar-refractivity contribution < 1.29 is 9.59 Å². The maximum Gasteiger partial charge on any atom is 0.230 e. The van der Waals surface area contributed by atoms with Crippen LogP contribution in [0.3, 0.4) is 0 Å². The van der Waals surface area contributed by atoms with Crippen molar-refractivity contribution in [3.63, 3.8) is 0 Å². The van der Waals surface area contributed by atoms with Crippen LogP contribution in [0.25, 0.3) is 0 Å². The summed E-state index contributed by atoms with van der Waals surface area (Å²) in [5.41, 5.74) is 0.241. The highest BCUT2D eigenvalue weighted by molar-refractivity contribution is 6.30. The number of piperidine rings is 2. The normalized spacial score (nSPS) is 25.2. The lowest BCUT2D eigenvalue weighted by atomic mass is 9.91. The van der Waals surface area contributed by atoms with Crippen LogP contribution in [0, 0.1) is 17.3 Å². The van der Waals surface area contributed by atoms with Gasteiger partial charge in [0.1, 0.15) is 5.82 Å². The fourth-order valence-corrected chi connectivity index (χ4v) is 4.58. The average molecular weight is 450 g/mol.